The summed E-state index contributed by atoms with van der Waals surface area (Å²) in [6.45, 7) is 5.91. The Morgan fingerprint density at radius 3 is 1.69 bits per heavy atom. The van der Waals surface area contributed by atoms with Crippen molar-refractivity contribution in [3.8, 4) is 0 Å². The van der Waals surface area contributed by atoms with Crippen LogP contribution in [0.1, 0.15) is 98.8 Å². The predicted molar refractivity (Wildman–Crippen MR) is 108 cm³/mol. The second-order valence-corrected chi connectivity index (χ2v) is 7.03. The fourth-order valence-corrected chi connectivity index (χ4v) is 3.18. The van der Waals surface area contributed by atoms with Crippen LogP contribution in [0.2, 0.25) is 0 Å². The number of unbranched alkanes of at least 4 members (excludes halogenated alkanes) is 8. The van der Waals surface area contributed by atoms with Gasteiger partial charge in [0.15, 0.2) is 0 Å². The minimum atomic E-state index is -0.542. The van der Waals surface area contributed by atoms with Crippen molar-refractivity contribution < 1.29 is 9.59 Å². The van der Waals surface area contributed by atoms with Crippen LogP contribution in [0.4, 0.5) is 0 Å². The van der Waals surface area contributed by atoms with Gasteiger partial charge in [-0.3, -0.25) is 9.59 Å². The third-order valence-electron chi connectivity index (χ3n) is 4.77. The number of nitrogens with zero attached hydrogens (tertiary/aromatic N) is 1. The van der Waals surface area contributed by atoms with Crippen molar-refractivity contribution in [1.82, 2.24) is 4.90 Å². The average molecular weight is 361 g/mol. The van der Waals surface area contributed by atoms with E-state index in [2.05, 4.69) is 13.8 Å². The Morgan fingerprint density at radius 2 is 1.23 bits per heavy atom. The fraction of sp³-hybridized carbons (Fsp3) is 0.636. The fourth-order valence-electron chi connectivity index (χ4n) is 3.18. The van der Waals surface area contributed by atoms with Crippen LogP contribution in [0, 0.1) is 0 Å². The number of carbonyl (C=O) groups is 2. The first-order chi connectivity index (χ1) is 12.6. The topological polar surface area (TPSA) is 63.4 Å². The minimum absolute atomic E-state index is 0.0645. The third-order valence-corrected chi connectivity index (χ3v) is 4.77. The number of primary amides is 1. The highest BCUT2D eigenvalue weighted by Crippen LogP contribution is 2.14. The van der Waals surface area contributed by atoms with Crippen molar-refractivity contribution in [2.75, 3.05) is 13.1 Å². The summed E-state index contributed by atoms with van der Waals surface area (Å²) in [5, 5.41) is 0. The molecule has 0 atom stereocenters. The highest BCUT2D eigenvalue weighted by Gasteiger charge is 2.20. The van der Waals surface area contributed by atoms with Gasteiger partial charge >= 0.3 is 0 Å². The van der Waals surface area contributed by atoms with Gasteiger partial charge in [0.1, 0.15) is 0 Å². The summed E-state index contributed by atoms with van der Waals surface area (Å²) in [4.78, 5) is 26.6. The lowest BCUT2D eigenvalue weighted by molar-refractivity contribution is 0.0744. The molecule has 2 N–H and O–H groups in total. The minimum Gasteiger partial charge on any atom is -0.366 e. The number of amides is 2. The molecule has 0 aliphatic heterocycles. The largest absolute Gasteiger partial charge is 0.366 e. The Labute approximate surface area is 159 Å². The van der Waals surface area contributed by atoms with Gasteiger partial charge in [-0.15, -0.1) is 0 Å². The van der Waals surface area contributed by atoms with Gasteiger partial charge in [-0.25, -0.2) is 0 Å². The summed E-state index contributed by atoms with van der Waals surface area (Å²) in [7, 11) is 0. The van der Waals surface area contributed by atoms with Crippen LogP contribution in [-0.4, -0.2) is 29.8 Å². The molecule has 0 saturated carbocycles. The zero-order valence-corrected chi connectivity index (χ0v) is 16.6. The van der Waals surface area contributed by atoms with Crippen LogP contribution in [0.25, 0.3) is 0 Å². The van der Waals surface area contributed by atoms with Gasteiger partial charge in [0, 0.05) is 13.1 Å². The smallest absolute Gasteiger partial charge is 0.254 e. The molecule has 0 aromatic heterocycles. The second kappa shape index (κ2) is 13.4. The maximum atomic E-state index is 13.0. The van der Waals surface area contributed by atoms with Crippen molar-refractivity contribution in [2.45, 2.75) is 78.1 Å². The van der Waals surface area contributed by atoms with Crippen LogP contribution in [-0.2, 0) is 0 Å². The molecule has 0 bridgehead atoms. The van der Waals surface area contributed by atoms with Crippen LogP contribution < -0.4 is 5.73 Å². The number of benzene rings is 1. The van der Waals surface area contributed by atoms with Gasteiger partial charge in [-0.05, 0) is 25.0 Å². The van der Waals surface area contributed by atoms with Gasteiger partial charge in [-0.2, -0.15) is 0 Å². The van der Waals surface area contributed by atoms with Gasteiger partial charge in [0.2, 0.25) is 5.91 Å². The molecule has 0 saturated heterocycles. The van der Waals surface area contributed by atoms with E-state index in [9.17, 15) is 9.59 Å². The molecule has 0 spiro atoms. The van der Waals surface area contributed by atoms with Gasteiger partial charge in [0.25, 0.3) is 5.91 Å². The first kappa shape index (κ1) is 22.2. The lowest BCUT2D eigenvalue weighted by atomic mass is 10.0. The van der Waals surface area contributed by atoms with Crippen molar-refractivity contribution >= 4 is 11.8 Å². The highest BCUT2D eigenvalue weighted by atomic mass is 16.2. The molecule has 2 amide bonds. The Kier molecular flexibility index (Phi) is 11.4. The summed E-state index contributed by atoms with van der Waals surface area (Å²) in [5.41, 5.74) is 6.20. The lowest BCUT2D eigenvalue weighted by Gasteiger charge is -2.24. The van der Waals surface area contributed by atoms with Crippen LogP contribution >= 0.6 is 0 Å². The van der Waals surface area contributed by atoms with Gasteiger partial charge in [-0.1, -0.05) is 77.3 Å². The first-order valence-electron chi connectivity index (χ1n) is 10.3. The summed E-state index contributed by atoms with van der Waals surface area (Å²) in [6.07, 6.45) is 11.7. The van der Waals surface area contributed by atoms with E-state index < -0.39 is 5.91 Å². The summed E-state index contributed by atoms with van der Waals surface area (Å²) in [6, 6.07) is 6.89. The first-order valence-corrected chi connectivity index (χ1v) is 10.3. The van der Waals surface area contributed by atoms with Gasteiger partial charge in [0.05, 0.1) is 11.1 Å². The van der Waals surface area contributed by atoms with E-state index >= 15 is 0 Å². The van der Waals surface area contributed by atoms with Crippen molar-refractivity contribution in [3.05, 3.63) is 35.4 Å². The second-order valence-electron chi connectivity index (χ2n) is 7.03. The lowest BCUT2D eigenvalue weighted by Crippen LogP contribution is -2.34. The monoisotopic (exact) mass is 360 g/mol. The maximum absolute atomic E-state index is 13.0. The molecule has 0 heterocycles. The summed E-state index contributed by atoms with van der Waals surface area (Å²) >= 11 is 0. The Balaban J connectivity index is 2.72. The number of hydrogen-bond acceptors (Lipinski definition) is 2. The Bertz CT molecular complexity index is 529. The van der Waals surface area contributed by atoms with E-state index in [1.54, 1.807) is 24.3 Å². The third kappa shape index (κ3) is 8.03. The molecule has 0 fully saturated rings. The van der Waals surface area contributed by atoms with Gasteiger partial charge < -0.3 is 10.6 Å². The van der Waals surface area contributed by atoms with E-state index in [0.717, 1.165) is 38.8 Å². The Morgan fingerprint density at radius 1 is 0.769 bits per heavy atom. The summed E-state index contributed by atoms with van der Waals surface area (Å²) < 4.78 is 0. The zero-order chi connectivity index (χ0) is 19.2. The van der Waals surface area contributed by atoms with Crippen molar-refractivity contribution in [3.63, 3.8) is 0 Å². The molecule has 0 unspecified atom stereocenters. The molecule has 4 heteroatoms. The van der Waals surface area contributed by atoms with E-state index in [1.807, 2.05) is 4.90 Å². The number of rotatable bonds is 14. The quantitative estimate of drug-likeness (QED) is 0.465. The molecule has 0 aliphatic carbocycles. The van der Waals surface area contributed by atoms with Crippen LogP contribution in [0.5, 0.6) is 0 Å². The number of nitrogens with two attached hydrogens (primary N) is 1. The normalized spacial score (nSPS) is 10.7. The van der Waals surface area contributed by atoms with Crippen molar-refractivity contribution in [2.24, 2.45) is 5.73 Å². The van der Waals surface area contributed by atoms with E-state index in [-0.39, 0.29) is 5.91 Å². The van der Waals surface area contributed by atoms with E-state index in [4.69, 9.17) is 5.73 Å². The SMILES string of the molecule is CCCCCCCN(CCCCCCC)C(=O)c1ccccc1C(N)=O. The van der Waals surface area contributed by atoms with E-state index in [1.165, 1.54) is 38.5 Å². The molecule has 0 aliphatic rings. The molecule has 4 nitrogen and oxygen atoms in total. The van der Waals surface area contributed by atoms with Crippen LogP contribution in [0.15, 0.2) is 24.3 Å². The average Bonchev–Trinajstić information content (AvgIpc) is 2.65. The molecular weight excluding hydrogens is 324 g/mol. The predicted octanol–water partition coefficient (Wildman–Crippen LogP) is 5.17. The molecule has 1 aromatic rings. The number of carbonyl (C=O) groups excluding carboxylic acids is 2. The highest BCUT2D eigenvalue weighted by molar-refractivity contribution is 6.06. The molecule has 0 radical (unpaired) electrons. The molecule has 1 rings (SSSR count). The molecule has 146 valence electrons. The maximum Gasteiger partial charge on any atom is 0.254 e. The molecule has 26 heavy (non-hydrogen) atoms. The zero-order valence-electron chi connectivity index (χ0n) is 16.6. The Hall–Kier alpha value is -1.84. The molecular formula is C22H36N2O2. The van der Waals surface area contributed by atoms with Crippen LogP contribution in [0.3, 0.4) is 0 Å². The summed E-state index contributed by atoms with van der Waals surface area (Å²) in [5.74, 6) is -0.606. The van der Waals surface area contributed by atoms with Crippen molar-refractivity contribution in [1.29, 1.82) is 0 Å². The molecule has 1 aromatic carbocycles. The standard InChI is InChI=1S/C22H36N2O2/c1-3-5-7-9-13-17-24(18-14-10-8-6-4-2)22(26)20-16-12-11-15-19(20)21(23)25/h11-12,15-16H,3-10,13-14,17-18H2,1-2H3,(H2,23,25). The van der Waals surface area contributed by atoms with E-state index in [0.29, 0.717) is 11.1 Å². The number of hydrogen-bond donors (Lipinski definition) is 1.